The summed E-state index contributed by atoms with van der Waals surface area (Å²) in [6.45, 7) is 3.55. The molecule has 1 rings (SSSR count). The van der Waals surface area contributed by atoms with Crippen LogP contribution in [0.2, 0.25) is 0 Å². The number of halogens is 2. The van der Waals surface area contributed by atoms with Crippen molar-refractivity contribution in [3.63, 3.8) is 0 Å². The number of hydrogen-bond acceptors (Lipinski definition) is 2. The summed E-state index contributed by atoms with van der Waals surface area (Å²) in [5.74, 6) is -0.225. The van der Waals surface area contributed by atoms with Crippen molar-refractivity contribution in [2.45, 2.75) is 39.0 Å². The first kappa shape index (κ1) is 16.0. The van der Waals surface area contributed by atoms with E-state index in [-0.39, 0.29) is 5.82 Å². The van der Waals surface area contributed by atoms with Gasteiger partial charge in [0.25, 0.3) is 0 Å². The second-order valence-corrected chi connectivity index (χ2v) is 5.47. The first-order valence-corrected chi connectivity index (χ1v) is 7.55. The Morgan fingerprint density at radius 2 is 2.05 bits per heavy atom. The summed E-state index contributed by atoms with van der Waals surface area (Å²) < 4.78 is 14.7. The standard InChI is InChI=1S/C15H20BrFN2/c1-2-3-4-5-10-19(11-6-9-18)15-12-13(16)7-8-14(15)17/h7-8,12H,2-6,10-11H2,1H3. The van der Waals surface area contributed by atoms with Crippen LogP contribution < -0.4 is 4.90 Å². The molecule has 0 aliphatic heterocycles. The highest BCUT2D eigenvalue weighted by Crippen LogP contribution is 2.24. The number of benzene rings is 1. The van der Waals surface area contributed by atoms with Crippen molar-refractivity contribution < 1.29 is 4.39 Å². The van der Waals surface area contributed by atoms with Crippen LogP contribution in [0.4, 0.5) is 10.1 Å². The van der Waals surface area contributed by atoms with Gasteiger partial charge in [-0.3, -0.25) is 0 Å². The van der Waals surface area contributed by atoms with Crippen molar-refractivity contribution in [3.05, 3.63) is 28.5 Å². The lowest BCUT2D eigenvalue weighted by Gasteiger charge is -2.24. The Bertz CT molecular complexity index is 429. The fraction of sp³-hybridized carbons (Fsp3) is 0.533. The summed E-state index contributed by atoms with van der Waals surface area (Å²) in [5, 5.41) is 8.72. The fourth-order valence-electron chi connectivity index (χ4n) is 2.00. The molecule has 0 saturated carbocycles. The summed E-state index contributed by atoms with van der Waals surface area (Å²) in [4.78, 5) is 1.97. The molecular weight excluding hydrogens is 307 g/mol. The smallest absolute Gasteiger partial charge is 0.146 e. The van der Waals surface area contributed by atoms with Gasteiger partial charge in [0.2, 0.25) is 0 Å². The van der Waals surface area contributed by atoms with Gasteiger partial charge in [0.1, 0.15) is 5.82 Å². The van der Waals surface area contributed by atoms with Crippen LogP contribution in [0, 0.1) is 17.1 Å². The molecule has 19 heavy (non-hydrogen) atoms. The number of unbranched alkanes of at least 4 members (excludes halogenated alkanes) is 3. The van der Waals surface area contributed by atoms with E-state index in [1.54, 1.807) is 12.1 Å². The van der Waals surface area contributed by atoms with Crippen molar-refractivity contribution in [3.8, 4) is 6.07 Å². The van der Waals surface area contributed by atoms with Crippen molar-refractivity contribution in [1.29, 1.82) is 5.26 Å². The predicted octanol–water partition coefficient (Wildman–Crippen LogP) is 4.89. The maximum absolute atomic E-state index is 13.9. The van der Waals surface area contributed by atoms with Crippen LogP contribution in [0.5, 0.6) is 0 Å². The number of nitriles is 1. The van der Waals surface area contributed by atoms with E-state index in [0.717, 1.165) is 23.9 Å². The summed E-state index contributed by atoms with van der Waals surface area (Å²) >= 11 is 3.37. The second kappa shape index (κ2) is 8.92. The SMILES string of the molecule is CCCCCCN(CCC#N)c1cc(Br)ccc1F. The van der Waals surface area contributed by atoms with E-state index >= 15 is 0 Å². The third-order valence-electron chi connectivity index (χ3n) is 3.02. The summed E-state index contributed by atoms with van der Waals surface area (Å²) in [7, 11) is 0. The normalized spacial score (nSPS) is 10.2. The van der Waals surface area contributed by atoms with Crippen LogP contribution in [0.25, 0.3) is 0 Å². The molecule has 4 heteroatoms. The highest BCUT2D eigenvalue weighted by Gasteiger charge is 2.11. The minimum absolute atomic E-state index is 0.225. The highest BCUT2D eigenvalue weighted by molar-refractivity contribution is 9.10. The lowest BCUT2D eigenvalue weighted by molar-refractivity contribution is 0.602. The van der Waals surface area contributed by atoms with Crippen LogP contribution in [0.1, 0.15) is 39.0 Å². The molecule has 104 valence electrons. The average Bonchev–Trinajstić information content (AvgIpc) is 2.41. The summed E-state index contributed by atoms with van der Waals surface area (Å²) in [6.07, 6.45) is 4.98. The van der Waals surface area contributed by atoms with Gasteiger partial charge in [-0.15, -0.1) is 0 Å². The van der Waals surface area contributed by atoms with Gasteiger partial charge in [-0.25, -0.2) is 4.39 Å². The van der Waals surface area contributed by atoms with Gasteiger partial charge in [-0.2, -0.15) is 5.26 Å². The highest BCUT2D eigenvalue weighted by atomic mass is 79.9. The second-order valence-electron chi connectivity index (χ2n) is 4.55. The largest absolute Gasteiger partial charge is 0.368 e. The summed E-state index contributed by atoms with van der Waals surface area (Å²) in [5.41, 5.74) is 0.584. The quantitative estimate of drug-likeness (QED) is 0.636. The van der Waals surface area contributed by atoms with Crippen molar-refractivity contribution in [2.24, 2.45) is 0 Å². The molecule has 0 bridgehead atoms. The topological polar surface area (TPSA) is 27.0 Å². The molecule has 0 aliphatic carbocycles. The van der Waals surface area contributed by atoms with Crippen LogP contribution >= 0.6 is 15.9 Å². The number of anilines is 1. The van der Waals surface area contributed by atoms with Gasteiger partial charge in [-0.1, -0.05) is 42.1 Å². The Morgan fingerprint density at radius 3 is 2.74 bits per heavy atom. The van der Waals surface area contributed by atoms with E-state index in [0.29, 0.717) is 18.7 Å². The molecule has 0 saturated heterocycles. The first-order chi connectivity index (χ1) is 9.19. The Morgan fingerprint density at radius 1 is 1.26 bits per heavy atom. The molecule has 0 fully saturated rings. The lowest BCUT2D eigenvalue weighted by atomic mass is 10.2. The Balaban J connectivity index is 2.71. The van der Waals surface area contributed by atoms with E-state index in [1.165, 1.54) is 18.9 Å². The van der Waals surface area contributed by atoms with Gasteiger partial charge in [-0.05, 0) is 24.6 Å². The van der Waals surface area contributed by atoms with Crippen molar-refractivity contribution in [2.75, 3.05) is 18.0 Å². The zero-order chi connectivity index (χ0) is 14.1. The van der Waals surface area contributed by atoms with Gasteiger partial charge < -0.3 is 4.90 Å². The molecule has 0 unspecified atom stereocenters. The molecular formula is C15H20BrFN2. The Labute approximate surface area is 123 Å². The maximum Gasteiger partial charge on any atom is 0.146 e. The predicted molar refractivity (Wildman–Crippen MR) is 80.7 cm³/mol. The lowest BCUT2D eigenvalue weighted by Crippen LogP contribution is -2.26. The van der Waals surface area contributed by atoms with E-state index in [4.69, 9.17) is 5.26 Å². The van der Waals surface area contributed by atoms with E-state index < -0.39 is 0 Å². The molecule has 0 radical (unpaired) electrons. The average molecular weight is 327 g/mol. The van der Waals surface area contributed by atoms with Gasteiger partial charge in [0.15, 0.2) is 0 Å². The molecule has 1 aromatic rings. The Kier molecular flexibility index (Phi) is 7.50. The number of hydrogen-bond donors (Lipinski definition) is 0. The monoisotopic (exact) mass is 326 g/mol. The molecule has 0 aromatic heterocycles. The van der Waals surface area contributed by atoms with Crippen molar-refractivity contribution in [1.82, 2.24) is 0 Å². The van der Waals surface area contributed by atoms with Crippen molar-refractivity contribution >= 4 is 21.6 Å². The van der Waals surface area contributed by atoms with E-state index in [2.05, 4.69) is 28.9 Å². The van der Waals surface area contributed by atoms with Gasteiger partial charge in [0.05, 0.1) is 18.2 Å². The molecule has 0 heterocycles. The Hall–Kier alpha value is -1.08. The first-order valence-electron chi connectivity index (χ1n) is 6.76. The fourth-order valence-corrected chi connectivity index (χ4v) is 2.34. The third-order valence-corrected chi connectivity index (χ3v) is 3.52. The van der Waals surface area contributed by atoms with E-state index in [9.17, 15) is 4.39 Å². The minimum atomic E-state index is -0.225. The molecule has 1 aromatic carbocycles. The molecule has 0 aliphatic rings. The zero-order valence-corrected chi connectivity index (χ0v) is 12.9. The number of rotatable bonds is 8. The van der Waals surface area contributed by atoms with Crippen LogP contribution in [0.15, 0.2) is 22.7 Å². The molecule has 0 atom stereocenters. The molecule has 0 N–H and O–H groups in total. The van der Waals surface area contributed by atoms with Gasteiger partial charge in [0, 0.05) is 17.6 Å². The van der Waals surface area contributed by atoms with E-state index in [1.807, 2.05) is 4.90 Å². The third kappa shape index (κ3) is 5.61. The van der Waals surface area contributed by atoms with Crippen LogP contribution in [-0.4, -0.2) is 13.1 Å². The summed E-state index contributed by atoms with van der Waals surface area (Å²) in [6, 6.07) is 7.07. The van der Waals surface area contributed by atoms with Crippen LogP contribution in [-0.2, 0) is 0 Å². The molecule has 2 nitrogen and oxygen atoms in total. The zero-order valence-electron chi connectivity index (χ0n) is 11.3. The maximum atomic E-state index is 13.9. The van der Waals surface area contributed by atoms with Gasteiger partial charge >= 0.3 is 0 Å². The number of nitrogens with zero attached hydrogens (tertiary/aromatic N) is 2. The molecule has 0 spiro atoms. The minimum Gasteiger partial charge on any atom is -0.368 e. The molecule has 0 amide bonds. The van der Waals surface area contributed by atoms with Crippen LogP contribution in [0.3, 0.4) is 0 Å².